The van der Waals surface area contributed by atoms with E-state index in [1.165, 1.54) is 0 Å². The van der Waals surface area contributed by atoms with E-state index in [2.05, 4.69) is 10.6 Å². The fraction of sp³-hybridized carbons (Fsp3) is 0.667. The fourth-order valence-electron chi connectivity index (χ4n) is 4.55. The zero-order chi connectivity index (χ0) is 24.9. The molecule has 4 rings (SSSR count). The summed E-state index contributed by atoms with van der Waals surface area (Å²) < 4.78 is 13.3. The molecule has 3 atom stereocenters. The number of fused-ring (bicyclic) bond motifs is 1. The smallest absolute Gasteiger partial charge is 0.404 e. The Morgan fingerprint density at radius 2 is 2.20 bits per heavy atom. The molecule has 2 amide bonds. The molecule has 2 fully saturated rings. The van der Waals surface area contributed by atoms with Gasteiger partial charge in [0.2, 0.25) is 0 Å². The van der Waals surface area contributed by atoms with Crippen molar-refractivity contribution in [2.45, 2.75) is 70.8 Å². The molecule has 35 heavy (non-hydrogen) atoms. The van der Waals surface area contributed by atoms with Crippen LogP contribution < -0.4 is 10.6 Å². The zero-order valence-electron chi connectivity index (χ0n) is 20.7. The van der Waals surface area contributed by atoms with Crippen LogP contribution in [0, 0.1) is 6.92 Å². The third kappa shape index (κ3) is 6.09. The van der Waals surface area contributed by atoms with Gasteiger partial charge in [0.15, 0.2) is 5.65 Å². The van der Waals surface area contributed by atoms with Gasteiger partial charge in [-0.25, -0.2) is 14.5 Å². The number of hydrogen-bond donors (Lipinski definition) is 3. The van der Waals surface area contributed by atoms with Gasteiger partial charge in [-0.15, -0.1) is 0 Å². The van der Waals surface area contributed by atoms with Crippen LogP contribution in [0.25, 0.3) is 11.0 Å². The van der Waals surface area contributed by atoms with E-state index >= 15 is 0 Å². The Kier molecular flexibility index (Phi) is 8.19. The molecule has 1 saturated heterocycles. The van der Waals surface area contributed by atoms with Gasteiger partial charge in [0.25, 0.3) is 5.91 Å². The number of amides is 2. The number of nitrogens with one attached hydrogen (secondary N) is 2. The fourth-order valence-corrected chi connectivity index (χ4v) is 4.55. The van der Waals surface area contributed by atoms with Gasteiger partial charge in [-0.1, -0.05) is 0 Å². The summed E-state index contributed by atoms with van der Waals surface area (Å²) in [7, 11) is 0. The van der Waals surface area contributed by atoms with Gasteiger partial charge in [-0.3, -0.25) is 4.79 Å². The van der Waals surface area contributed by atoms with Crippen molar-refractivity contribution in [3.8, 4) is 0 Å². The Hall–Kier alpha value is -2.76. The Bertz CT molecular complexity index is 1030. The van der Waals surface area contributed by atoms with Crippen LogP contribution in [0.3, 0.4) is 0 Å². The second kappa shape index (κ2) is 11.3. The van der Waals surface area contributed by atoms with Crippen LogP contribution >= 0.6 is 0 Å². The van der Waals surface area contributed by atoms with Crippen LogP contribution in [0.1, 0.15) is 50.5 Å². The van der Waals surface area contributed by atoms with Crippen molar-refractivity contribution in [2.75, 3.05) is 32.9 Å². The van der Waals surface area contributed by atoms with Crippen molar-refractivity contribution in [1.29, 1.82) is 0 Å². The first kappa shape index (κ1) is 25.3. The molecule has 1 aliphatic heterocycles. The quantitative estimate of drug-likeness (QED) is 0.409. The highest BCUT2D eigenvalue weighted by Gasteiger charge is 2.41. The van der Waals surface area contributed by atoms with E-state index < -0.39 is 12.2 Å². The first-order chi connectivity index (χ1) is 16.9. The van der Waals surface area contributed by atoms with E-state index in [1.54, 1.807) is 0 Å². The van der Waals surface area contributed by atoms with E-state index in [-0.39, 0.29) is 24.0 Å². The maximum Gasteiger partial charge on any atom is 0.404 e. The highest BCUT2D eigenvalue weighted by atomic mass is 16.5. The Balaban J connectivity index is 1.51. The van der Waals surface area contributed by atoms with Gasteiger partial charge in [0.1, 0.15) is 6.10 Å². The Morgan fingerprint density at radius 3 is 2.86 bits per heavy atom. The molecule has 2 aromatic heterocycles. The van der Waals surface area contributed by atoms with Crippen LogP contribution in [0.2, 0.25) is 0 Å². The van der Waals surface area contributed by atoms with Crippen molar-refractivity contribution in [3.63, 3.8) is 0 Å². The molecular weight excluding hydrogens is 452 g/mol. The maximum absolute atomic E-state index is 13.6. The standard InChI is InChI=1S/C24H36N6O5/c1-4-34-13-17-14-35-20(12-26-17)23(31)30(18-7-8-18)16(3)21-19-9-6-15(2)27-22(19)29(28-21)11-5-10-25-24(32)33/h6,9,16-18,20,25-26H,4-5,7-8,10-14H2,1-3H3,(H,32,33)/t16-,17+,20-/m1/s1. The highest BCUT2D eigenvalue weighted by molar-refractivity contribution is 5.84. The lowest BCUT2D eigenvalue weighted by atomic mass is 10.1. The Morgan fingerprint density at radius 1 is 1.40 bits per heavy atom. The molecular formula is C24H36N6O5. The summed E-state index contributed by atoms with van der Waals surface area (Å²) >= 11 is 0. The second-order valence-corrected chi connectivity index (χ2v) is 9.26. The maximum atomic E-state index is 13.6. The first-order valence-corrected chi connectivity index (χ1v) is 12.4. The monoisotopic (exact) mass is 488 g/mol. The second-order valence-electron chi connectivity index (χ2n) is 9.26. The summed E-state index contributed by atoms with van der Waals surface area (Å²) in [6.07, 6.45) is 0.954. The molecule has 0 bridgehead atoms. The average molecular weight is 489 g/mol. The largest absolute Gasteiger partial charge is 0.465 e. The molecule has 0 unspecified atom stereocenters. The summed E-state index contributed by atoms with van der Waals surface area (Å²) in [5, 5.41) is 20.4. The van der Waals surface area contributed by atoms with Gasteiger partial charge < -0.3 is 30.1 Å². The molecule has 1 aliphatic carbocycles. The van der Waals surface area contributed by atoms with Crippen molar-refractivity contribution in [2.24, 2.45) is 0 Å². The SMILES string of the molecule is CCOC[C@H]1CO[C@@H](C(=O)N(C2CC2)[C@H](C)c2nn(CCCNC(=O)O)c3nc(C)ccc23)CN1. The van der Waals surface area contributed by atoms with Gasteiger partial charge in [0.05, 0.1) is 31.0 Å². The van der Waals surface area contributed by atoms with Crippen LogP contribution in [0.15, 0.2) is 12.1 Å². The van der Waals surface area contributed by atoms with Crippen molar-refractivity contribution >= 4 is 23.0 Å². The number of carbonyl (C=O) groups is 2. The molecule has 0 aromatic carbocycles. The number of morpholine rings is 1. The molecule has 3 heterocycles. The molecule has 0 spiro atoms. The third-order valence-electron chi connectivity index (χ3n) is 6.48. The Labute approximate surface area is 205 Å². The van der Waals surface area contributed by atoms with Gasteiger partial charge >= 0.3 is 6.09 Å². The van der Waals surface area contributed by atoms with Crippen LogP contribution in [0.5, 0.6) is 0 Å². The molecule has 11 heteroatoms. The van der Waals surface area contributed by atoms with Crippen molar-refractivity contribution in [1.82, 2.24) is 30.3 Å². The summed E-state index contributed by atoms with van der Waals surface area (Å²) in [5.41, 5.74) is 2.43. The topological polar surface area (TPSA) is 131 Å². The van der Waals surface area contributed by atoms with Gasteiger partial charge in [0, 0.05) is 43.4 Å². The number of pyridine rings is 1. The van der Waals surface area contributed by atoms with E-state index in [4.69, 9.17) is 24.7 Å². The number of aromatic nitrogens is 3. The van der Waals surface area contributed by atoms with Crippen molar-refractivity contribution < 1.29 is 24.2 Å². The minimum Gasteiger partial charge on any atom is -0.465 e. The van der Waals surface area contributed by atoms with E-state index in [1.807, 2.05) is 42.5 Å². The van der Waals surface area contributed by atoms with E-state index in [0.29, 0.717) is 45.9 Å². The molecule has 1 saturated carbocycles. The summed E-state index contributed by atoms with van der Waals surface area (Å²) in [6, 6.07) is 3.99. The summed E-state index contributed by atoms with van der Waals surface area (Å²) in [5.74, 6) is -0.0178. The molecule has 0 radical (unpaired) electrons. The highest BCUT2D eigenvalue weighted by Crippen LogP contribution is 2.37. The number of hydrogen-bond acceptors (Lipinski definition) is 7. The summed E-state index contributed by atoms with van der Waals surface area (Å²) in [4.78, 5) is 31.0. The molecule has 192 valence electrons. The van der Waals surface area contributed by atoms with E-state index in [9.17, 15) is 9.59 Å². The number of aryl methyl sites for hydroxylation is 2. The minimum absolute atomic E-state index is 0.0178. The predicted octanol–water partition coefficient (Wildman–Crippen LogP) is 1.84. The lowest BCUT2D eigenvalue weighted by Gasteiger charge is -2.35. The number of ether oxygens (including phenoxy) is 2. The molecule has 11 nitrogen and oxygen atoms in total. The molecule has 2 aromatic rings. The molecule has 2 aliphatic rings. The lowest BCUT2D eigenvalue weighted by Crippen LogP contribution is -2.55. The van der Waals surface area contributed by atoms with Crippen molar-refractivity contribution in [3.05, 3.63) is 23.5 Å². The van der Waals surface area contributed by atoms with Crippen LogP contribution in [-0.2, 0) is 20.8 Å². The predicted molar refractivity (Wildman–Crippen MR) is 129 cm³/mol. The van der Waals surface area contributed by atoms with Gasteiger partial charge in [-0.05, 0) is 52.2 Å². The minimum atomic E-state index is -1.04. The first-order valence-electron chi connectivity index (χ1n) is 12.4. The number of carboxylic acid groups (broad SMARTS) is 1. The van der Waals surface area contributed by atoms with E-state index in [0.717, 1.165) is 35.3 Å². The van der Waals surface area contributed by atoms with Crippen LogP contribution in [-0.4, -0.2) is 87.9 Å². The number of rotatable bonds is 11. The average Bonchev–Trinajstić information content (AvgIpc) is 3.61. The number of nitrogens with zero attached hydrogens (tertiary/aromatic N) is 4. The van der Waals surface area contributed by atoms with Gasteiger partial charge in [-0.2, -0.15) is 5.10 Å². The number of carbonyl (C=O) groups excluding carboxylic acids is 1. The zero-order valence-corrected chi connectivity index (χ0v) is 20.7. The molecule has 3 N–H and O–H groups in total. The summed E-state index contributed by atoms with van der Waals surface area (Å²) in [6.45, 7) is 8.87. The lowest BCUT2D eigenvalue weighted by molar-refractivity contribution is -0.150. The van der Waals surface area contributed by atoms with Crippen LogP contribution in [0.4, 0.5) is 4.79 Å². The third-order valence-corrected chi connectivity index (χ3v) is 6.48. The normalized spacial score (nSPS) is 21.1.